The van der Waals surface area contributed by atoms with E-state index in [9.17, 15) is 14.0 Å². The van der Waals surface area contributed by atoms with Gasteiger partial charge in [-0.05, 0) is 66.6 Å². The van der Waals surface area contributed by atoms with Gasteiger partial charge in [0.1, 0.15) is 11.5 Å². The first-order valence-electron chi connectivity index (χ1n) is 9.87. The lowest BCUT2D eigenvalue weighted by atomic mass is 10.1. The van der Waals surface area contributed by atoms with E-state index in [1.54, 1.807) is 18.2 Å². The molecule has 7 heteroatoms. The molecule has 164 valence electrons. The fourth-order valence-corrected chi connectivity index (χ4v) is 3.20. The van der Waals surface area contributed by atoms with E-state index in [1.807, 2.05) is 62.3 Å². The first-order chi connectivity index (χ1) is 15.2. The summed E-state index contributed by atoms with van der Waals surface area (Å²) in [6.45, 7) is 1.91. The number of benzene rings is 3. The van der Waals surface area contributed by atoms with E-state index < -0.39 is 17.6 Å². The Labute approximate surface area is 195 Å². The summed E-state index contributed by atoms with van der Waals surface area (Å²) in [4.78, 5) is 27.7. The highest BCUT2D eigenvalue weighted by Gasteiger charge is 2.17. The van der Waals surface area contributed by atoms with E-state index in [0.717, 1.165) is 15.7 Å². The number of carbonyl (C=O) groups is 2. The van der Waals surface area contributed by atoms with Gasteiger partial charge < -0.3 is 15.5 Å². The number of amides is 2. The fraction of sp³-hybridized carbons (Fsp3) is 0.120. The minimum Gasteiger partial charge on any atom is -0.378 e. The highest BCUT2D eigenvalue weighted by Crippen LogP contribution is 2.21. The van der Waals surface area contributed by atoms with Gasteiger partial charge in [-0.1, -0.05) is 40.2 Å². The molecule has 0 heterocycles. The third kappa shape index (κ3) is 5.82. The summed E-state index contributed by atoms with van der Waals surface area (Å²) < 4.78 is 15.0. The number of anilines is 2. The number of nitrogens with one attached hydrogen (secondary N) is 2. The zero-order valence-corrected chi connectivity index (χ0v) is 19.5. The van der Waals surface area contributed by atoms with E-state index in [-0.39, 0.29) is 11.3 Å². The molecule has 0 bridgehead atoms. The van der Waals surface area contributed by atoms with Crippen LogP contribution in [0.3, 0.4) is 0 Å². The summed E-state index contributed by atoms with van der Waals surface area (Å²) in [7, 11) is 3.86. The zero-order chi connectivity index (χ0) is 23.3. The van der Waals surface area contributed by atoms with Crippen molar-refractivity contribution in [1.82, 2.24) is 5.32 Å². The Bertz CT molecular complexity index is 1170. The van der Waals surface area contributed by atoms with Crippen molar-refractivity contribution in [3.05, 3.63) is 99.4 Å². The molecule has 32 heavy (non-hydrogen) atoms. The first-order valence-corrected chi connectivity index (χ1v) is 10.7. The van der Waals surface area contributed by atoms with Crippen LogP contribution in [0.15, 0.2) is 76.9 Å². The molecule has 0 aliphatic heterocycles. The second-order valence-electron chi connectivity index (χ2n) is 7.40. The summed E-state index contributed by atoms with van der Waals surface area (Å²) in [5, 5.41) is 5.34. The third-order valence-corrected chi connectivity index (χ3v) is 5.64. The molecular formula is C25H23BrFN3O2. The molecule has 2 N–H and O–H groups in total. The molecule has 3 aromatic rings. The van der Waals surface area contributed by atoms with E-state index in [2.05, 4.69) is 26.6 Å². The molecule has 5 nitrogen and oxygen atoms in total. The molecule has 0 unspecified atom stereocenters. The molecule has 0 saturated heterocycles. The van der Waals surface area contributed by atoms with Crippen LogP contribution in [0.5, 0.6) is 0 Å². The summed E-state index contributed by atoms with van der Waals surface area (Å²) >= 11 is 3.43. The molecule has 0 saturated carbocycles. The molecule has 0 radical (unpaired) electrons. The number of halogens is 2. The predicted octanol–water partition coefficient (Wildman–Crippen LogP) is 5.37. The van der Waals surface area contributed by atoms with Crippen molar-refractivity contribution in [1.29, 1.82) is 0 Å². The summed E-state index contributed by atoms with van der Waals surface area (Å²) in [6, 6.07) is 18.5. The van der Waals surface area contributed by atoms with Gasteiger partial charge in [-0.3, -0.25) is 9.59 Å². The van der Waals surface area contributed by atoms with Gasteiger partial charge in [0.15, 0.2) is 0 Å². The Morgan fingerprint density at radius 3 is 2.31 bits per heavy atom. The number of hydrogen-bond acceptors (Lipinski definition) is 3. The van der Waals surface area contributed by atoms with E-state index in [1.165, 1.54) is 18.2 Å². The molecule has 2 amide bonds. The van der Waals surface area contributed by atoms with Crippen LogP contribution in [0.4, 0.5) is 15.8 Å². The minimum atomic E-state index is -0.707. The highest BCUT2D eigenvalue weighted by atomic mass is 79.9. The molecule has 3 rings (SSSR count). The molecule has 0 fully saturated rings. The van der Waals surface area contributed by atoms with Crippen LogP contribution in [0.2, 0.25) is 0 Å². The Morgan fingerprint density at radius 2 is 1.69 bits per heavy atom. The SMILES string of the molecule is Cc1cc(NC(=O)C(=Cc2ccc(N(C)C)cc2)NC(=O)c2ccccc2F)ccc1Br. The van der Waals surface area contributed by atoms with Gasteiger partial charge in [-0.2, -0.15) is 0 Å². The van der Waals surface area contributed by atoms with Crippen molar-refractivity contribution >= 4 is 45.2 Å². The van der Waals surface area contributed by atoms with Gasteiger partial charge in [0, 0.05) is 29.9 Å². The maximum absolute atomic E-state index is 14.1. The number of rotatable bonds is 6. The maximum Gasteiger partial charge on any atom is 0.272 e. The Hall–Kier alpha value is -3.45. The standard InChI is InChI=1S/C25H23BrFN3O2/c1-16-14-18(10-13-21(16)26)28-25(32)23(15-17-8-11-19(12-9-17)30(2)3)29-24(31)20-6-4-5-7-22(20)27/h4-15H,1-3H3,(H,28,32)(H,29,31). The van der Waals surface area contributed by atoms with Gasteiger partial charge >= 0.3 is 0 Å². The normalized spacial score (nSPS) is 11.1. The van der Waals surface area contributed by atoms with Crippen LogP contribution in [0, 0.1) is 12.7 Å². The van der Waals surface area contributed by atoms with Crippen molar-refractivity contribution in [2.45, 2.75) is 6.92 Å². The van der Waals surface area contributed by atoms with Gasteiger partial charge in [0.05, 0.1) is 5.56 Å². The highest BCUT2D eigenvalue weighted by molar-refractivity contribution is 9.10. The van der Waals surface area contributed by atoms with Crippen molar-refractivity contribution < 1.29 is 14.0 Å². The zero-order valence-electron chi connectivity index (χ0n) is 17.9. The average molecular weight is 496 g/mol. The van der Waals surface area contributed by atoms with Crippen molar-refractivity contribution in [3.63, 3.8) is 0 Å². The fourth-order valence-electron chi connectivity index (χ4n) is 2.95. The lowest BCUT2D eigenvalue weighted by molar-refractivity contribution is -0.113. The average Bonchev–Trinajstić information content (AvgIpc) is 2.76. The molecule has 0 spiro atoms. The maximum atomic E-state index is 14.1. The van der Waals surface area contributed by atoms with Gasteiger partial charge in [0.25, 0.3) is 11.8 Å². The summed E-state index contributed by atoms with van der Waals surface area (Å²) in [5.74, 6) is -1.89. The molecule has 0 aliphatic rings. The van der Waals surface area contributed by atoms with Crippen molar-refractivity contribution in [2.75, 3.05) is 24.3 Å². The van der Waals surface area contributed by atoms with Crippen molar-refractivity contribution in [2.24, 2.45) is 0 Å². The largest absolute Gasteiger partial charge is 0.378 e. The Morgan fingerprint density at radius 1 is 1.00 bits per heavy atom. The topological polar surface area (TPSA) is 61.4 Å². The smallest absolute Gasteiger partial charge is 0.272 e. The number of aryl methyl sites for hydroxylation is 1. The van der Waals surface area contributed by atoms with Crippen LogP contribution in [0.25, 0.3) is 6.08 Å². The third-order valence-electron chi connectivity index (χ3n) is 4.75. The molecule has 0 aliphatic carbocycles. The van der Waals surface area contributed by atoms with Crippen LogP contribution in [0.1, 0.15) is 21.5 Å². The molecule has 0 atom stereocenters. The Kier molecular flexibility index (Phi) is 7.43. The molecule has 0 aromatic heterocycles. The predicted molar refractivity (Wildman–Crippen MR) is 130 cm³/mol. The number of carbonyl (C=O) groups excluding carboxylic acids is 2. The number of nitrogens with zero attached hydrogens (tertiary/aromatic N) is 1. The monoisotopic (exact) mass is 495 g/mol. The van der Waals surface area contributed by atoms with E-state index >= 15 is 0 Å². The van der Waals surface area contributed by atoms with Crippen LogP contribution in [-0.4, -0.2) is 25.9 Å². The van der Waals surface area contributed by atoms with Gasteiger partial charge in [0.2, 0.25) is 0 Å². The Balaban J connectivity index is 1.92. The first kappa shape index (κ1) is 23.2. The lowest BCUT2D eigenvalue weighted by Crippen LogP contribution is -2.31. The summed E-state index contributed by atoms with van der Waals surface area (Å²) in [5.41, 5.74) is 3.08. The second-order valence-corrected chi connectivity index (χ2v) is 8.25. The van der Waals surface area contributed by atoms with Crippen LogP contribution >= 0.6 is 15.9 Å². The van der Waals surface area contributed by atoms with E-state index in [4.69, 9.17) is 0 Å². The number of hydrogen-bond donors (Lipinski definition) is 2. The lowest BCUT2D eigenvalue weighted by Gasteiger charge is -2.14. The molecular weight excluding hydrogens is 473 g/mol. The van der Waals surface area contributed by atoms with Crippen LogP contribution in [-0.2, 0) is 4.79 Å². The second kappa shape index (κ2) is 10.2. The van der Waals surface area contributed by atoms with E-state index in [0.29, 0.717) is 11.3 Å². The summed E-state index contributed by atoms with van der Waals surface area (Å²) in [6.07, 6.45) is 1.55. The molecule has 3 aromatic carbocycles. The van der Waals surface area contributed by atoms with Gasteiger partial charge in [-0.25, -0.2) is 4.39 Å². The quantitative estimate of drug-likeness (QED) is 0.451. The van der Waals surface area contributed by atoms with Crippen molar-refractivity contribution in [3.8, 4) is 0 Å². The van der Waals surface area contributed by atoms with Crippen LogP contribution < -0.4 is 15.5 Å². The minimum absolute atomic E-state index is 0.00331. The van der Waals surface area contributed by atoms with Gasteiger partial charge in [-0.15, -0.1) is 0 Å².